The summed E-state index contributed by atoms with van der Waals surface area (Å²) in [7, 11) is -3.34. The predicted octanol–water partition coefficient (Wildman–Crippen LogP) is 3.28. The van der Waals surface area contributed by atoms with Crippen LogP contribution in [0.2, 0.25) is 0 Å². The Morgan fingerprint density at radius 1 is 1.05 bits per heavy atom. The van der Waals surface area contributed by atoms with Gasteiger partial charge < -0.3 is 19.8 Å². The molecule has 1 aliphatic rings. The number of imidazole rings is 1. The molecule has 1 aromatic carbocycles. The first kappa shape index (κ1) is 26.8. The SMILES string of the molecule is CC1(CNS(C)(=O)=O)COC(c2nc(-c3ccc(F)cc3)c(-c3ccnc(NCc4ccccn4)n3)[nH]2)OC1. The number of aromatic nitrogens is 5. The van der Waals surface area contributed by atoms with Gasteiger partial charge in [-0.25, -0.2) is 32.5 Å². The van der Waals surface area contributed by atoms with Crippen LogP contribution in [0.3, 0.4) is 0 Å². The first-order chi connectivity index (χ1) is 18.7. The van der Waals surface area contributed by atoms with E-state index in [2.05, 4.69) is 30.0 Å². The number of anilines is 1. The molecular weight excluding hydrogens is 525 g/mol. The number of halogens is 1. The van der Waals surface area contributed by atoms with E-state index in [9.17, 15) is 12.8 Å². The Hall–Kier alpha value is -3.78. The van der Waals surface area contributed by atoms with E-state index in [0.717, 1.165) is 11.9 Å². The third-order valence-electron chi connectivity index (χ3n) is 6.06. The maximum Gasteiger partial charge on any atom is 0.223 e. The van der Waals surface area contributed by atoms with Crippen LogP contribution >= 0.6 is 0 Å². The Kier molecular flexibility index (Phi) is 7.66. The Morgan fingerprint density at radius 2 is 1.82 bits per heavy atom. The van der Waals surface area contributed by atoms with E-state index in [1.165, 1.54) is 12.1 Å². The molecule has 4 aromatic rings. The molecule has 0 spiro atoms. The van der Waals surface area contributed by atoms with Gasteiger partial charge in [-0.2, -0.15) is 0 Å². The lowest BCUT2D eigenvalue weighted by Gasteiger charge is -2.36. The highest BCUT2D eigenvalue weighted by Gasteiger charge is 2.35. The van der Waals surface area contributed by atoms with E-state index < -0.39 is 21.7 Å². The predicted molar refractivity (Wildman–Crippen MR) is 142 cm³/mol. The van der Waals surface area contributed by atoms with Gasteiger partial charge in [0.1, 0.15) is 5.82 Å². The van der Waals surface area contributed by atoms with Crippen molar-refractivity contribution in [2.45, 2.75) is 19.8 Å². The van der Waals surface area contributed by atoms with Crippen molar-refractivity contribution in [2.75, 3.05) is 31.3 Å². The number of pyridine rings is 1. The number of nitrogens with zero attached hydrogens (tertiary/aromatic N) is 4. The van der Waals surface area contributed by atoms with Gasteiger partial charge in [-0.15, -0.1) is 0 Å². The van der Waals surface area contributed by atoms with Crippen molar-refractivity contribution in [1.29, 1.82) is 0 Å². The minimum atomic E-state index is -3.34. The van der Waals surface area contributed by atoms with E-state index in [-0.39, 0.29) is 25.6 Å². The minimum absolute atomic E-state index is 0.179. The van der Waals surface area contributed by atoms with E-state index in [4.69, 9.17) is 14.5 Å². The zero-order valence-electron chi connectivity index (χ0n) is 21.4. The molecule has 1 saturated heterocycles. The summed E-state index contributed by atoms with van der Waals surface area (Å²) in [6.07, 6.45) is 3.65. The van der Waals surface area contributed by atoms with Crippen molar-refractivity contribution < 1.29 is 22.3 Å². The van der Waals surface area contributed by atoms with Gasteiger partial charge in [-0.05, 0) is 42.5 Å². The zero-order valence-corrected chi connectivity index (χ0v) is 22.2. The summed E-state index contributed by atoms with van der Waals surface area (Å²) in [4.78, 5) is 21.3. The van der Waals surface area contributed by atoms with E-state index in [0.29, 0.717) is 41.0 Å². The molecule has 39 heavy (non-hydrogen) atoms. The largest absolute Gasteiger partial charge is 0.349 e. The summed E-state index contributed by atoms with van der Waals surface area (Å²) < 4.78 is 51.1. The van der Waals surface area contributed by atoms with E-state index >= 15 is 0 Å². The number of rotatable bonds is 9. The standard InChI is InChI=1S/C26H28FN7O4S/c1-26(14-31-39(2,35)36)15-37-24(38-16-26)23-33-21(17-6-8-18(27)9-7-17)22(34-23)20-10-12-29-25(32-20)30-13-19-5-3-4-11-28-19/h3-12,24,31H,13-16H2,1-2H3,(H,33,34)(H,29,30,32). The molecule has 4 heterocycles. The highest BCUT2D eigenvalue weighted by molar-refractivity contribution is 7.88. The molecule has 0 radical (unpaired) electrons. The molecule has 0 aliphatic carbocycles. The summed E-state index contributed by atoms with van der Waals surface area (Å²) in [6.45, 7) is 2.99. The molecule has 11 nitrogen and oxygen atoms in total. The van der Waals surface area contributed by atoms with Crippen molar-refractivity contribution >= 4 is 16.0 Å². The molecule has 204 valence electrons. The van der Waals surface area contributed by atoms with Crippen LogP contribution < -0.4 is 10.0 Å². The number of nitrogens with one attached hydrogen (secondary N) is 3. The van der Waals surface area contributed by atoms with Crippen molar-refractivity contribution in [3.63, 3.8) is 0 Å². The van der Waals surface area contributed by atoms with Crippen LogP contribution in [-0.4, -0.2) is 59.4 Å². The Balaban J connectivity index is 1.40. The number of benzene rings is 1. The second kappa shape index (κ2) is 11.1. The van der Waals surface area contributed by atoms with Gasteiger partial charge in [0.2, 0.25) is 22.3 Å². The lowest BCUT2D eigenvalue weighted by Crippen LogP contribution is -2.45. The van der Waals surface area contributed by atoms with Gasteiger partial charge in [0.25, 0.3) is 0 Å². The van der Waals surface area contributed by atoms with Crippen LogP contribution in [0.1, 0.15) is 24.7 Å². The summed E-state index contributed by atoms with van der Waals surface area (Å²) >= 11 is 0. The number of ether oxygens (including phenoxy) is 2. The van der Waals surface area contributed by atoms with Crippen molar-refractivity contribution in [3.05, 3.63) is 78.3 Å². The maximum absolute atomic E-state index is 13.7. The summed E-state index contributed by atoms with van der Waals surface area (Å²) in [5.74, 6) is 0.447. The maximum atomic E-state index is 13.7. The third-order valence-corrected chi connectivity index (χ3v) is 6.72. The van der Waals surface area contributed by atoms with Gasteiger partial charge in [0.15, 0.2) is 5.82 Å². The normalized spacial score (nSPS) is 19.6. The van der Waals surface area contributed by atoms with Crippen LogP contribution in [0.5, 0.6) is 0 Å². The molecule has 0 atom stereocenters. The molecule has 13 heteroatoms. The molecular formula is C26H28FN7O4S. The van der Waals surface area contributed by atoms with Crippen molar-refractivity contribution in [3.8, 4) is 22.6 Å². The summed E-state index contributed by atoms with van der Waals surface area (Å²) in [5.41, 5.74) is 2.65. The van der Waals surface area contributed by atoms with Crippen LogP contribution in [0.25, 0.3) is 22.6 Å². The van der Waals surface area contributed by atoms with Gasteiger partial charge in [-0.3, -0.25) is 4.98 Å². The quantitative estimate of drug-likeness (QED) is 0.284. The molecule has 0 bridgehead atoms. The second-order valence-corrected chi connectivity index (χ2v) is 11.5. The van der Waals surface area contributed by atoms with E-state index in [1.807, 2.05) is 25.1 Å². The van der Waals surface area contributed by atoms with Crippen molar-refractivity contribution in [1.82, 2.24) is 29.6 Å². The van der Waals surface area contributed by atoms with Gasteiger partial charge in [-0.1, -0.05) is 13.0 Å². The summed E-state index contributed by atoms with van der Waals surface area (Å²) in [5, 5.41) is 3.17. The highest BCUT2D eigenvalue weighted by atomic mass is 32.2. The molecule has 3 N–H and O–H groups in total. The van der Waals surface area contributed by atoms with Gasteiger partial charge in [0.05, 0.1) is 48.8 Å². The Bertz CT molecular complexity index is 1520. The first-order valence-electron chi connectivity index (χ1n) is 12.2. The molecule has 0 saturated carbocycles. The molecule has 0 unspecified atom stereocenters. The molecule has 5 rings (SSSR count). The average molecular weight is 554 g/mol. The lowest BCUT2D eigenvalue weighted by atomic mass is 9.92. The fourth-order valence-corrected chi connectivity index (χ4v) is 4.58. The van der Waals surface area contributed by atoms with Crippen LogP contribution in [0, 0.1) is 11.2 Å². The van der Waals surface area contributed by atoms with Crippen LogP contribution in [-0.2, 0) is 26.0 Å². The third kappa shape index (κ3) is 6.81. The number of hydrogen-bond acceptors (Lipinski definition) is 9. The van der Waals surface area contributed by atoms with Gasteiger partial charge in [0, 0.05) is 29.9 Å². The van der Waals surface area contributed by atoms with Crippen LogP contribution in [0.4, 0.5) is 10.3 Å². The zero-order chi connectivity index (χ0) is 27.5. The Morgan fingerprint density at radius 3 is 2.51 bits per heavy atom. The number of sulfonamides is 1. The number of H-pyrrole nitrogens is 1. The van der Waals surface area contributed by atoms with Crippen LogP contribution in [0.15, 0.2) is 60.9 Å². The highest BCUT2D eigenvalue weighted by Crippen LogP contribution is 2.35. The summed E-state index contributed by atoms with van der Waals surface area (Å²) in [6, 6.07) is 13.4. The van der Waals surface area contributed by atoms with Crippen molar-refractivity contribution in [2.24, 2.45) is 5.41 Å². The molecule has 3 aromatic heterocycles. The number of aromatic amines is 1. The molecule has 1 aliphatic heterocycles. The fraction of sp³-hybridized carbons (Fsp3) is 0.308. The molecule has 0 amide bonds. The molecule has 1 fully saturated rings. The second-order valence-electron chi connectivity index (χ2n) is 9.65. The lowest BCUT2D eigenvalue weighted by molar-refractivity contribution is -0.231. The minimum Gasteiger partial charge on any atom is -0.349 e. The monoisotopic (exact) mass is 553 g/mol. The number of hydrogen-bond donors (Lipinski definition) is 3. The smallest absolute Gasteiger partial charge is 0.223 e. The fourth-order valence-electron chi connectivity index (χ4n) is 3.97. The van der Waals surface area contributed by atoms with Gasteiger partial charge >= 0.3 is 0 Å². The Labute approximate surface area is 225 Å². The topological polar surface area (TPSA) is 144 Å². The first-order valence-corrected chi connectivity index (χ1v) is 14.1. The average Bonchev–Trinajstić information content (AvgIpc) is 3.38. The van der Waals surface area contributed by atoms with E-state index in [1.54, 1.807) is 30.6 Å².